The molecule has 0 amide bonds. The van der Waals surface area contributed by atoms with E-state index in [0.717, 1.165) is 5.70 Å². The molecule has 0 rings (SSSR count). The van der Waals surface area contributed by atoms with E-state index in [9.17, 15) is 0 Å². The van der Waals surface area contributed by atoms with Gasteiger partial charge in [0.25, 0.3) is 0 Å². The highest BCUT2D eigenvalue weighted by atomic mass is 14.5. The third-order valence-electron chi connectivity index (χ3n) is 2.16. The minimum Gasteiger partial charge on any atom is -0.403 e. The first-order valence-corrected chi connectivity index (χ1v) is 4.69. The predicted octanol–water partition coefficient (Wildman–Crippen LogP) is 3.17. The molecular formula is C11H23N. The summed E-state index contributed by atoms with van der Waals surface area (Å²) in [5.74, 6) is 1.23. The van der Waals surface area contributed by atoms with Gasteiger partial charge in [0.05, 0.1) is 0 Å². The monoisotopic (exact) mass is 169 g/mol. The second-order valence-corrected chi connectivity index (χ2v) is 5.05. The van der Waals surface area contributed by atoms with E-state index >= 15 is 0 Å². The van der Waals surface area contributed by atoms with Crippen molar-refractivity contribution >= 4 is 0 Å². The largest absolute Gasteiger partial charge is 0.403 e. The first-order valence-electron chi connectivity index (χ1n) is 4.69. The molecule has 1 atom stereocenters. The van der Waals surface area contributed by atoms with Gasteiger partial charge in [-0.1, -0.05) is 40.7 Å². The molecule has 0 aromatic heterocycles. The van der Waals surface area contributed by atoms with Gasteiger partial charge >= 0.3 is 0 Å². The third-order valence-corrected chi connectivity index (χ3v) is 2.16. The Kier molecular flexibility index (Phi) is 3.82. The minimum atomic E-state index is 0.314. The molecule has 0 aromatic carbocycles. The van der Waals surface area contributed by atoms with Crippen molar-refractivity contribution in [2.24, 2.45) is 23.0 Å². The van der Waals surface area contributed by atoms with Crippen molar-refractivity contribution in [1.29, 1.82) is 0 Å². The van der Waals surface area contributed by atoms with E-state index in [1.807, 2.05) is 6.92 Å². The zero-order chi connectivity index (χ0) is 9.94. The highest BCUT2D eigenvalue weighted by Gasteiger charge is 2.25. The summed E-state index contributed by atoms with van der Waals surface area (Å²) in [5, 5.41) is 0. The van der Waals surface area contributed by atoms with Gasteiger partial charge in [0.2, 0.25) is 0 Å². The van der Waals surface area contributed by atoms with E-state index in [2.05, 4.69) is 40.7 Å². The third kappa shape index (κ3) is 3.80. The summed E-state index contributed by atoms with van der Waals surface area (Å²) in [6.07, 6.45) is 2.19. The summed E-state index contributed by atoms with van der Waals surface area (Å²) in [4.78, 5) is 0. The lowest BCUT2D eigenvalue weighted by atomic mass is 9.74. The lowest BCUT2D eigenvalue weighted by Gasteiger charge is -2.31. The van der Waals surface area contributed by atoms with Gasteiger partial charge in [0, 0.05) is 5.70 Å². The van der Waals surface area contributed by atoms with Crippen LogP contribution in [0.15, 0.2) is 11.8 Å². The van der Waals surface area contributed by atoms with E-state index in [1.165, 1.54) is 0 Å². The van der Waals surface area contributed by atoms with Crippen molar-refractivity contribution in [3.05, 3.63) is 11.8 Å². The molecule has 0 heterocycles. The van der Waals surface area contributed by atoms with Crippen LogP contribution in [0.1, 0.15) is 41.5 Å². The Morgan fingerprint density at radius 1 is 1.25 bits per heavy atom. The smallest absolute Gasteiger partial charge is 0.00114 e. The number of hydrogen-bond donors (Lipinski definition) is 1. The van der Waals surface area contributed by atoms with E-state index in [0.29, 0.717) is 17.3 Å². The van der Waals surface area contributed by atoms with Crippen molar-refractivity contribution in [1.82, 2.24) is 0 Å². The van der Waals surface area contributed by atoms with Crippen molar-refractivity contribution < 1.29 is 0 Å². The maximum absolute atomic E-state index is 5.69. The van der Waals surface area contributed by atoms with E-state index in [1.54, 1.807) is 0 Å². The zero-order valence-corrected chi connectivity index (χ0v) is 9.31. The van der Waals surface area contributed by atoms with Crippen LogP contribution in [0.3, 0.4) is 0 Å². The minimum absolute atomic E-state index is 0.314. The molecule has 1 nitrogen and oxygen atoms in total. The highest BCUT2D eigenvalue weighted by molar-refractivity contribution is 5.00. The van der Waals surface area contributed by atoms with E-state index in [-0.39, 0.29) is 0 Å². The maximum Gasteiger partial charge on any atom is 0.00114 e. The van der Waals surface area contributed by atoms with Crippen LogP contribution in [0.5, 0.6) is 0 Å². The molecule has 0 spiro atoms. The van der Waals surface area contributed by atoms with Gasteiger partial charge < -0.3 is 5.73 Å². The Labute approximate surface area is 77.0 Å². The summed E-state index contributed by atoms with van der Waals surface area (Å²) in [7, 11) is 0. The second-order valence-electron chi connectivity index (χ2n) is 5.05. The van der Waals surface area contributed by atoms with E-state index in [4.69, 9.17) is 5.73 Å². The molecule has 0 aliphatic heterocycles. The Hall–Kier alpha value is -0.460. The average Bonchev–Trinajstić information content (AvgIpc) is 1.79. The number of hydrogen-bond acceptors (Lipinski definition) is 1. The zero-order valence-electron chi connectivity index (χ0n) is 9.31. The molecule has 72 valence electrons. The molecule has 0 fully saturated rings. The molecule has 12 heavy (non-hydrogen) atoms. The average molecular weight is 169 g/mol. The number of allylic oxidation sites excluding steroid dienone is 2. The first kappa shape index (κ1) is 11.5. The van der Waals surface area contributed by atoms with Gasteiger partial charge in [0.15, 0.2) is 0 Å². The van der Waals surface area contributed by atoms with Gasteiger partial charge in [-0.05, 0) is 24.2 Å². The van der Waals surface area contributed by atoms with Crippen LogP contribution in [0.4, 0.5) is 0 Å². The van der Waals surface area contributed by atoms with Gasteiger partial charge in [-0.25, -0.2) is 0 Å². The van der Waals surface area contributed by atoms with Crippen LogP contribution in [0.2, 0.25) is 0 Å². The van der Waals surface area contributed by atoms with Crippen LogP contribution < -0.4 is 5.73 Å². The lowest BCUT2D eigenvalue weighted by Crippen LogP contribution is -2.24. The van der Waals surface area contributed by atoms with Gasteiger partial charge in [-0.2, -0.15) is 0 Å². The summed E-state index contributed by atoms with van der Waals surface area (Å²) < 4.78 is 0. The number of rotatable bonds is 2. The maximum atomic E-state index is 5.69. The van der Waals surface area contributed by atoms with Crippen LogP contribution in [-0.2, 0) is 0 Å². The Balaban J connectivity index is 4.58. The molecule has 0 aliphatic rings. The molecule has 0 saturated carbocycles. The topological polar surface area (TPSA) is 26.0 Å². The molecule has 0 bridgehead atoms. The SMILES string of the molecule is C/C(N)=C\C(C(C)C)C(C)(C)C. The van der Waals surface area contributed by atoms with E-state index < -0.39 is 0 Å². The van der Waals surface area contributed by atoms with Crippen molar-refractivity contribution in [2.75, 3.05) is 0 Å². The molecule has 2 N–H and O–H groups in total. The summed E-state index contributed by atoms with van der Waals surface area (Å²) in [5.41, 5.74) is 6.94. The second kappa shape index (κ2) is 3.97. The summed E-state index contributed by atoms with van der Waals surface area (Å²) >= 11 is 0. The van der Waals surface area contributed by atoms with Gasteiger partial charge in [-0.3, -0.25) is 0 Å². The quantitative estimate of drug-likeness (QED) is 0.675. The van der Waals surface area contributed by atoms with Crippen molar-refractivity contribution in [2.45, 2.75) is 41.5 Å². The molecule has 0 radical (unpaired) electrons. The van der Waals surface area contributed by atoms with Crippen LogP contribution in [0.25, 0.3) is 0 Å². The standard InChI is InChI=1S/C11H23N/c1-8(2)10(7-9(3)12)11(4,5)6/h7-8,10H,12H2,1-6H3/b9-7+. The van der Waals surface area contributed by atoms with Crippen molar-refractivity contribution in [3.63, 3.8) is 0 Å². The van der Waals surface area contributed by atoms with Crippen LogP contribution >= 0.6 is 0 Å². The summed E-state index contributed by atoms with van der Waals surface area (Å²) in [6, 6.07) is 0. The van der Waals surface area contributed by atoms with Crippen LogP contribution in [-0.4, -0.2) is 0 Å². The molecule has 1 heteroatoms. The molecule has 0 aliphatic carbocycles. The molecule has 0 aromatic rings. The molecule has 1 unspecified atom stereocenters. The predicted molar refractivity (Wildman–Crippen MR) is 55.7 cm³/mol. The fourth-order valence-electron chi connectivity index (χ4n) is 1.73. The van der Waals surface area contributed by atoms with Crippen molar-refractivity contribution in [3.8, 4) is 0 Å². The lowest BCUT2D eigenvalue weighted by molar-refractivity contribution is 0.229. The molecule has 0 saturated heterocycles. The molecular weight excluding hydrogens is 146 g/mol. The fraction of sp³-hybridized carbons (Fsp3) is 0.818. The Morgan fingerprint density at radius 3 is 1.75 bits per heavy atom. The summed E-state index contributed by atoms with van der Waals surface area (Å²) in [6.45, 7) is 13.2. The Morgan fingerprint density at radius 2 is 1.67 bits per heavy atom. The Bertz CT molecular complexity index is 156. The first-order chi connectivity index (χ1) is 5.25. The normalized spacial score (nSPS) is 16.8. The van der Waals surface area contributed by atoms with Gasteiger partial charge in [-0.15, -0.1) is 0 Å². The van der Waals surface area contributed by atoms with Gasteiger partial charge in [0.1, 0.15) is 0 Å². The fourth-order valence-corrected chi connectivity index (χ4v) is 1.73. The van der Waals surface area contributed by atoms with Crippen LogP contribution in [0, 0.1) is 17.3 Å². The number of nitrogens with two attached hydrogens (primary N) is 1. The highest BCUT2D eigenvalue weighted by Crippen LogP contribution is 2.33.